The first kappa shape index (κ1) is 23.4. The fourth-order valence-corrected chi connectivity index (χ4v) is 5.05. The Morgan fingerprint density at radius 1 is 1.00 bits per heavy atom. The minimum Gasteiger partial charge on any atom is -0.426 e. The number of amides is 3. The highest BCUT2D eigenvalue weighted by Crippen LogP contribution is 2.40. The predicted molar refractivity (Wildman–Crippen MR) is 128 cm³/mol. The highest BCUT2D eigenvalue weighted by molar-refractivity contribution is 6.22. The number of esters is 1. The van der Waals surface area contributed by atoms with Crippen molar-refractivity contribution in [2.75, 3.05) is 16.3 Å². The van der Waals surface area contributed by atoms with E-state index in [1.54, 1.807) is 18.2 Å². The number of imide groups is 1. The third-order valence-corrected chi connectivity index (χ3v) is 6.95. The van der Waals surface area contributed by atoms with Gasteiger partial charge in [0.1, 0.15) is 5.75 Å². The van der Waals surface area contributed by atoms with Crippen LogP contribution in [0.5, 0.6) is 5.75 Å². The molecule has 2 aromatic carbocycles. The number of non-ortho nitro benzene ring substituents is 1. The molecule has 2 aliphatic heterocycles. The van der Waals surface area contributed by atoms with Crippen LogP contribution in [-0.4, -0.2) is 35.2 Å². The maximum atomic E-state index is 13.0. The average molecular weight is 489 g/mol. The standard InChI is InChI=1S/C26H23N3O7/c1-15-5-10-21-22(11-15)25(32)28(24(21)31)19-3-2-4-20(13-19)36-26(33)16-12-23(30)27(14-16)17-6-8-18(9-7-17)29(34)35/h2-9,13,16,21-22H,10-12,14H2,1H3/t16-,21-,22+/m0/s1. The van der Waals surface area contributed by atoms with E-state index in [0.29, 0.717) is 24.2 Å². The minimum absolute atomic E-state index is 0.0612. The molecule has 2 heterocycles. The van der Waals surface area contributed by atoms with Gasteiger partial charge in [-0.3, -0.25) is 29.3 Å². The summed E-state index contributed by atoms with van der Waals surface area (Å²) in [6, 6.07) is 11.8. The maximum Gasteiger partial charge on any atom is 0.316 e. The van der Waals surface area contributed by atoms with E-state index in [-0.39, 0.29) is 54.0 Å². The molecule has 0 radical (unpaired) electrons. The second-order valence-corrected chi connectivity index (χ2v) is 9.31. The van der Waals surface area contributed by atoms with Crippen molar-refractivity contribution in [3.8, 4) is 5.75 Å². The van der Waals surface area contributed by atoms with Crippen LogP contribution in [0.3, 0.4) is 0 Å². The molecule has 2 fully saturated rings. The van der Waals surface area contributed by atoms with Crippen LogP contribution in [0.25, 0.3) is 0 Å². The van der Waals surface area contributed by atoms with Crippen molar-refractivity contribution in [1.29, 1.82) is 0 Å². The van der Waals surface area contributed by atoms with Crippen LogP contribution in [0.4, 0.5) is 17.1 Å². The Morgan fingerprint density at radius 2 is 1.72 bits per heavy atom. The zero-order valence-electron chi connectivity index (χ0n) is 19.5. The molecule has 0 bridgehead atoms. The largest absolute Gasteiger partial charge is 0.426 e. The van der Waals surface area contributed by atoms with Gasteiger partial charge in [-0.1, -0.05) is 17.7 Å². The lowest BCUT2D eigenvalue weighted by Crippen LogP contribution is -2.31. The molecule has 36 heavy (non-hydrogen) atoms. The van der Waals surface area contributed by atoms with Crippen LogP contribution in [0.2, 0.25) is 0 Å². The van der Waals surface area contributed by atoms with Gasteiger partial charge in [-0.05, 0) is 44.0 Å². The van der Waals surface area contributed by atoms with Gasteiger partial charge in [0, 0.05) is 36.9 Å². The van der Waals surface area contributed by atoms with E-state index in [4.69, 9.17) is 4.74 Å². The molecular weight excluding hydrogens is 466 g/mol. The molecule has 184 valence electrons. The number of fused-ring (bicyclic) bond motifs is 1. The van der Waals surface area contributed by atoms with Crippen LogP contribution in [0.1, 0.15) is 26.2 Å². The normalized spacial score (nSPS) is 23.5. The number of carbonyl (C=O) groups is 4. The van der Waals surface area contributed by atoms with Crippen molar-refractivity contribution in [3.63, 3.8) is 0 Å². The third kappa shape index (κ3) is 4.15. The Bertz CT molecular complexity index is 1320. The molecule has 10 heteroatoms. The Hall–Kier alpha value is -4.34. The first-order valence-corrected chi connectivity index (χ1v) is 11.6. The van der Waals surface area contributed by atoms with E-state index in [1.807, 2.05) is 13.0 Å². The van der Waals surface area contributed by atoms with Crippen molar-refractivity contribution >= 4 is 40.8 Å². The lowest BCUT2D eigenvalue weighted by molar-refractivity contribution is -0.384. The first-order chi connectivity index (χ1) is 17.2. The molecule has 10 nitrogen and oxygen atoms in total. The average Bonchev–Trinajstić information content (AvgIpc) is 3.36. The quantitative estimate of drug-likeness (QED) is 0.157. The Morgan fingerprint density at radius 3 is 2.44 bits per heavy atom. The summed E-state index contributed by atoms with van der Waals surface area (Å²) in [5, 5.41) is 10.9. The summed E-state index contributed by atoms with van der Waals surface area (Å²) in [6.45, 7) is 2.03. The number of hydrogen-bond acceptors (Lipinski definition) is 7. The molecule has 0 unspecified atom stereocenters. The fraction of sp³-hybridized carbons (Fsp3) is 0.308. The lowest BCUT2D eigenvalue weighted by atomic mass is 9.82. The zero-order valence-corrected chi connectivity index (χ0v) is 19.5. The summed E-state index contributed by atoms with van der Waals surface area (Å²) in [4.78, 5) is 64.2. The van der Waals surface area contributed by atoms with Gasteiger partial charge in [0.05, 0.1) is 28.4 Å². The van der Waals surface area contributed by atoms with Gasteiger partial charge in [0.2, 0.25) is 17.7 Å². The highest BCUT2D eigenvalue weighted by Gasteiger charge is 2.48. The monoisotopic (exact) mass is 489 g/mol. The van der Waals surface area contributed by atoms with Crippen molar-refractivity contribution < 1.29 is 28.8 Å². The van der Waals surface area contributed by atoms with Crippen LogP contribution >= 0.6 is 0 Å². The smallest absolute Gasteiger partial charge is 0.316 e. The summed E-state index contributed by atoms with van der Waals surface area (Å²) in [7, 11) is 0. The summed E-state index contributed by atoms with van der Waals surface area (Å²) < 4.78 is 5.52. The van der Waals surface area contributed by atoms with E-state index in [2.05, 4.69) is 0 Å². The van der Waals surface area contributed by atoms with Crippen LogP contribution in [-0.2, 0) is 19.2 Å². The van der Waals surface area contributed by atoms with Gasteiger partial charge in [0.25, 0.3) is 5.69 Å². The lowest BCUT2D eigenvalue weighted by Gasteiger charge is -2.18. The molecular formula is C26H23N3O7. The molecule has 0 N–H and O–H groups in total. The number of allylic oxidation sites excluding steroid dienone is 2. The molecule has 5 rings (SSSR count). The molecule has 0 spiro atoms. The number of carbonyl (C=O) groups excluding carboxylic acids is 4. The van der Waals surface area contributed by atoms with Crippen LogP contribution in [0.15, 0.2) is 60.2 Å². The van der Waals surface area contributed by atoms with E-state index < -0.39 is 16.8 Å². The fourth-order valence-electron chi connectivity index (χ4n) is 5.05. The number of nitro groups is 1. The molecule has 0 aromatic heterocycles. The molecule has 2 aromatic rings. The molecule has 2 saturated heterocycles. The first-order valence-electron chi connectivity index (χ1n) is 11.6. The number of rotatable bonds is 5. The number of ether oxygens (including phenoxy) is 1. The maximum absolute atomic E-state index is 13.0. The SMILES string of the molecule is CC1=CC[C@@H]2C(=O)N(c3cccc(OC(=O)[C@H]4CC(=O)N(c5ccc([N+](=O)[O-])cc5)C4)c3)C(=O)[C@@H]2C1. The van der Waals surface area contributed by atoms with Crippen molar-refractivity contribution in [2.24, 2.45) is 17.8 Å². The number of nitro benzene ring substituents is 1. The van der Waals surface area contributed by atoms with Gasteiger partial charge in [-0.25, -0.2) is 4.90 Å². The van der Waals surface area contributed by atoms with Crippen molar-refractivity contribution in [1.82, 2.24) is 0 Å². The van der Waals surface area contributed by atoms with Gasteiger partial charge < -0.3 is 9.64 Å². The van der Waals surface area contributed by atoms with Crippen LogP contribution < -0.4 is 14.5 Å². The summed E-state index contributed by atoms with van der Waals surface area (Å²) >= 11 is 0. The minimum atomic E-state index is -0.733. The number of benzene rings is 2. The highest BCUT2D eigenvalue weighted by atomic mass is 16.6. The van der Waals surface area contributed by atoms with E-state index >= 15 is 0 Å². The van der Waals surface area contributed by atoms with Gasteiger partial charge >= 0.3 is 5.97 Å². The molecule has 3 aliphatic rings. The van der Waals surface area contributed by atoms with E-state index in [9.17, 15) is 29.3 Å². The topological polar surface area (TPSA) is 127 Å². The van der Waals surface area contributed by atoms with Gasteiger partial charge in [-0.2, -0.15) is 0 Å². The Balaban J connectivity index is 1.27. The Kier molecular flexibility index (Phi) is 5.87. The number of nitrogens with zero attached hydrogens (tertiary/aromatic N) is 3. The zero-order chi connectivity index (χ0) is 25.6. The summed E-state index contributed by atoms with van der Waals surface area (Å²) in [5.41, 5.74) is 1.80. The molecule has 3 amide bonds. The second kappa shape index (κ2) is 9.03. The van der Waals surface area contributed by atoms with Crippen molar-refractivity contribution in [3.05, 3.63) is 70.3 Å². The second-order valence-electron chi connectivity index (χ2n) is 9.31. The van der Waals surface area contributed by atoms with Gasteiger partial charge in [-0.15, -0.1) is 0 Å². The number of hydrogen-bond donors (Lipinski definition) is 0. The van der Waals surface area contributed by atoms with E-state index in [0.717, 1.165) is 5.57 Å². The molecule has 3 atom stereocenters. The predicted octanol–water partition coefficient (Wildman–Crippen LogP) is 3.40. The Labute approximate surface area is 206 Å². The third-order valence-electron chi connectivity index (χ3n) is 6.95. The summed E-state index contributed by atoms with van der Waals surface area (Å²) in [6.07, 6.45) is 3.03. The van der Waals surface area contributed by atoms with E-state index in [1.165, 1.54) is 40.1 Å². The number of anilines is 2. The summed E-state index contributed by atoms with van der Waals surface area (Å²) in [5.74, 6) is -2.71. The van der Waals surface area contributed by atoms with Crippen molar-refractivity contribution in [2.45, 2.75) is 26.2 Å². The van der Waals surface area contributed by atoms with Gasteiger partial charge in [0.15, 0.2) is 0 Å². The molecule has 1 aliphatic carbocycles. The van der Waals surface area contributed by atoms with Crippen LogP contribution in [0, 0.1) is 27.9 Å². The molecule has 0 saturated carbocycles.